The smallest absolute Gasteiger partial charge is 0.227 e. The molecule has 2 nitrogen and oxygen atoms in total. The van der Waals surface area contributed by atoms with Crippen LogP contribution in [-0.4, -0.2) is 11.9 Å². The fourth-order valence-electron chi connectivity index (χ4n) is 1.17. The van der Waals surface area contributed by atoms with Gasteiger partial charge in [0.2, 0.25) is 5.91 Å². The zero-order valence-electron chi connectivity index (χ0n) is 8.97. The van der Waals surface area contributed by atoms with Crippen LogP contribution in [0.15, 0.2) is 12.7 Å². The number of hydrogen-bond donors (Lipinski definition) is 1. The molecule has 0 heterocycles. The van der Waals surface area contributed by atoms with Gasteiger partial charge in [0.25, 0.3) is 0 Å². The van der Waals surface area contributed by atoms with Gasteiger partial charge in [-0.3, -0.25) is 4.79 Å². The Morgan fingerprint density at radius 1 is 1.54 bits per heavy atom. The molecule has 0 aromatic carbocycles. The quantitative estimate of drug-likeness (QED) is 0.630. The number of carbonyl (C=O) groups excluding carboxylic acids is 1. The first-order chi connectivity index (χ1) is 6.11. The minimum atomic E-state index is -0.0117. The van der Waals surface area contributed by atoms with Crippen molar-refractivity contribution in [2.24, 2.45) is 5.92 Å². The lowest BCUT2D eigenvalue weighted by Gasteiger charge is -2.14. The molecule has 0 rings (SSSR count). The van der Waals surface area contributed by atoms with E-state index in [0.29, 0.717) is 0 Å². The van der Waals surface area contributed by atoms with Crippen molar-refractivity contribution in [2.75, 3.05) is 0 Å². The first kappa shape index (κ1) is 12.2. The van der Waals surface area contributed by atoms with Gasteiger partial charge in [-0.05, 0) is 20.3 Å². The number of rotatable bonds is 6. The van der Waals surface area contributed by atoms with Crippen LogP contribution in [0, 0.1) is 5.92 Å². The van der Waals surface area contributed by atoms with Gasteiger partial charge in [-0.1, -0.05) is 25.8 Å². The summed E-state index contributed by atoms with van der Waals surface area (Å²) in [6, 6.07) is 0.219. The molecule has 0 aliphatic rings. The predicted octanol–water partition coefficient (Wildman–Crippen LogP) is 2.50. The number of carbonyl (C=O) groups is 1. The summed E-state index contributed by atoms with van der Waals surface area (Å²) >= 11 is 0. The van der Waals surface area contributed by atoms with Crippen molar-refractivity contribution < 1.29 is 4.79 Å². The highest BCUT2D eigenvalue weighted by Crippen LogP contribution is 2.09. The van der Waals surface area contributed by atoms with Gasteiger partial charge >= 0.3 is 0 Å². The SMILES string of the molecule is C=CC(CCCC)C(=O)NC(C)C. The van der Waals surface area contributed by atoms with E-state index in [9.17, 15) is 4.79 Å². The van der Waals surface area contributed by atoms with E-state index in [1.54, 1.807) is 6.08 Å². The van der Waals surface area contributed by atoms with Gasteiger partial charge in [-0.2, -0.15) is 0 Å². The van der Waals surface area contributed by atoms with E-state index in [1.807, 2.05) is 13.8 Å². The third kappa shape index (κ3) is 5.45. The van der Waals surface area contributed by atoms with Crippen molar-refractivity contribution in [3.63, 3.8) is 0 Å². The van der Waals surface area contributed by atoms with Crippen LogP contribution >= 0.6 is 0 Å². The third-order valence-corrected chi connectivity index (χ3v) is 1.92. The second-order valence-corrected chi connectivity index (χ2v) is 3.65. The summed E-state index contributed by atoms with van der Waals surface area (Å²) in [7, 11) is 0. The number of amides is 1. The Morgan fingerprint density at radius 3 is 2.54 bits per heavy atom. The minimum Gasteiger partial charge on any atom is -0.353 e. The van der Waals surface area contributed by atoms with Gasteiger partial charge in [0.1, 0.15) is 0 Å². The summed E-state index contributed by atoms with van der Waals surface area (Å²) in [5.74, 6) is 0.0980. The summed E-state index contributed by atoms with van der Waals surface area (Å²) in [5.41, 5.74) is 0. The maximum Gasteiger partial charge on any atom is 0.227 e. The molecule has 0 spiro atoms. The zero-order valence-corrected chi connectivity index (χ0v) is 8.97. The number of hydrogen-bond acceptors (Lipinski definition) is 1. The maximum atomic E-state index is 11.5. The average Bonchev–Trinajstić information content (AvgIpc) is 2.04. The van der Waals surface area contributed by atoms with E-state index in [4.69, 9.17) is 0 Å². The molecule has 0 bridgehead atoms. The van der Waals surface area contributed by atoms with Gasteiger partial charge in [-0.15, -0.1) is 6.58 Å². The maximum absolute atomic E-state index is 11.5. The second kappa shape index (κ2) is 6.70. The van der Waals surface area contributed by atoms with Crippen LogP contribution < -0.4 is 5.32 Å². The molecular weight excluding hydrogens is 162 g/mol. The van der Waals surface area contributed by atoms with Crippen molar-refractivity contribution in [1.82, 2.24) is 5.32 Å². The Balaban J connectivity index is 3.92. The first-order valence-corrected chi connectivity index (χ1v) is 5.04. The lowest BCUT2D eigenvalue weighted by Crippen LogP contribution is -2.34. The van der Waals surface area contributed by atoms with Crippen molar-refractivity contribution in [3.8, 4) is 0 Å². The molecule has 0 saturated carbocycles. The van der Waals surface area contributed by atoms with Crippen LogP contribution in [0.25, 0.3) is 0 Å². The van der Waals surface area contributed by atoms with Crippen LogP contribution in [0.4, 0.5) is 0 Å². The van der Waals surface area contributed by atoms with Crippen LogP contribution in [0.3, 0.4) is 0 Å². The molecule has 2 heteroatoms. The number of nitrogens with one attached hydrogen (secondary N) is 1. The molecule has 0 aliphatic heterocycles. The average molecular weight is 183 g/mol. The Morgan fingerprint density at radius 2 is 2.15 bits per heavy atom. The van der Waals surface area contributed by atoms with E-state index in [2.05, 4.69) is 18.8 Å². The van der Waals surface area contributed by atoms with Crippen molar-refractivity contribution in [1.29, 1.82) is 0 Å². The largest absolute Gasteiger partial charge is 0.353 e. The molecule has 0 radical (unpaired) electrons. The van der Waals surface area contributed by atoms with Crippen molar-refractivity contribution in [2.45, 2.75) is 46.1 Å². The second-order valence-electron chi connectivity index (χ2n) is 3.65. The molecule has 0 saturated heterocycles. The molecule has 0 aromatic rings. The van der Waals surface area contributed by atoms with Crippen LogP contribution in [-0.2, 0) is 4.79 Å². The molecule has 1 N–H and O–H groups in total. The number of unbranched alkanes of at least 4 members (excludes halogenated alkanes) is 1. The van der Waals surface area contributed by atoms with Gasteiger partial charge < -0.3 is 5.32 Å². The Labute approximate surface area is 81.4 Å². The van der Waals surface area contributed by atoms with Gasteiger partial charge in [0.15, 0.2) is 0 Å². The summed E-state index contributed by atoms with van der Waals surface area (Å²) < 4.78 is 0. The fraction of sp³-hybridized carbons (Fsp3) is 0.727. The van der Waals surface area contributed by atoms with E-state index >= 15 is 0 Å². The molecule has 0 fully saturated rings. The highest BCUT2D eigenvalue weighted by Gasteiger charge is 2.14. The topological polar surface area (TPSA) is 29.1 Å². The van der Waals surface area contributed by atoms with E-state index in [-0.39, 0.29) is 17.9 Å². The highest BCUT2D eigenvalue weighted by atomic mass is 16.1. The molecule has 1 amide bonds. The Bertz CT molecular complexity index is 163. The van der Waals surface area contributed by atoms with Gasteiger partial charge in [0, 0.05) is 6.04 Å². The zero-order chi connectivity index (χ0) is 10.3. The third-order valence-electron chi connectivity index (χ3n) is 1.92. The lowest BCUT2D eigenvalue weighted by atomic mass is 10.0. The molecule has 0 aliphatic carbocycles. The normalized spacial score (nSPS) is 12.6. The Hall–Kier alpha value is -0.790. The standard InChI is InChI=1S/C11H21NO/c1-5-7-8-10(6-2)11(13)12-9(3)4/h6,9-10H,2,5,7-8H2,1,3-4H3,(H,12,13). The highest BCUT2D eigenvalue weighted by molar-refractivity contribution is 5.80. The lowest BCUT2D eigenvalue weighted by molar-refractivity contribution is -0.124. The van der Waals surface area contributed by atoms with Crippen LogP contribution in [0.1, 0.15) is 40.0 Å². The molecule has 13 heavy (non-hydrogen) atoms. The van der Waals surface area contributed by atoms with Crippen LogP contribution in [0.5, 0.6) is 0 Å². The van der Waals surface area contributed by atoms with Gasteiger partial charge in [0.05, 0.1) is 5.92 Å². The monoisotopic (exact) mass is 183 g/mol. The van der Waals surface area contributed by atoms with Crippen molar-refractivity contribution in [3.05, 3.63) is 12.7 Å². The van der Waals surface area contributed by atoms with Gasteiger partial charge in [-0.25, -0.2) is 0 Å². The minimum absolute atomic E-state index is 0.0117. The Kier molecular flexibility index (Phi) is 6.29. The molecule has 0 aromatic heterocycles. The summed E-state index contributed by atoms with van der Waals surface area (Å²) in [4.78, 5) is 11.5. The van der Waals surface area contributed by atoms with Crippen molar-refractivity contribution >= 4 is 5.91 Å². The van der Waals surface area contributed by atoms with E-state index in [0.717, 1.165) is 19.3 Å². The summed E-state index contributed by atoms with van der Waals surface area (Å²) in [6.45, 7) is 9.75. The molecule has 1 unspecified atom stereocenters. The molecule has 1 atom stereocenters. The van der Waals surface area contributed by atoms with E-state index < -0.39 is 0 Å². The molecular formula is C11H21NO. The predicted molar refractivity (Wildman–Crippen MR) is 56.5 cm³/mol. The van der Waals surface area contributed by atoms with E-state index in [1.165, 1.54) is 0 Å². The fourth-order valence-corrected chi connectivity index (χ4v) is 1.17. The summed E-state index contributed by atoms with van der Waals surface area (Å²) in [5, 5.41) is 2.89. The first-order valence-electron chi connectivity index (χ1n) is 5.04. The summed E-state index contributed by atoms with van der Waals surface area (Å²) in [6.07, 6.45) is 4.87. The van der Waals surface area contributed by atoms with Crippen LogP contribution in [0.2, 0.25) is 0 Å². The molecule has 76 valence electrons.